The Hall–Kier alpha value is -1.89. The number of sulfonamides is 1. The molecule has 0 aliphatic carbocycles. The van der Waals surface area contributed by atoms with E-state index in [2.05, 4.69) is 5.32 Å². The summed E-state index contributed by atoms with van der Waals surface area (Å²) in [6.45, 7) is 5.24. The van der Waals surface area contributed by atoms with Crippen LogP contribution in [0.3, 0.4) is 0 Å². The topological polar surface area (TPSA) is 92.3 Å². The summed E-state index contributed by atoms with van der Waals surface area (Å²) in [4.78, 5) is 23.3. The lowest BCUT2D eigenvalue weighted by Crippen LogP contribution is -2.30. The zero-order valence-electron chi connectivity index (χ0n) is 12.2. The van der Waals surface area contributed by atoms with Crippen LogP contribution in [0.4, 0.5) is 5.69 Å². The third-order valence-corrected chi connectivity index (χ3v) is 4.89. The second-order valence-corrected chi connectivity index (χ2v) is 7.25. The van der Waals surface area contributed by atoms with Gasteiger partial charge in [-0.3, -0.25) is 9.59 Å². The van der Waals surface area contributed by atoms with Crippen molar-refractivity contribution < 1.29 is 18.0 Å². The fourth-order valence-corrected chi connectivity index (χ4v) is 3.24. The number of fused-ring (bicyclic) bond motifs is 1. The van der Waals surface area contributed by atoms with Crippen LogP contribution >= 0.6 is 0 Å². The van der Waals surface area contributed by atoms with E-state index in [1.54, 1.807) is 26.8 Å². The highest BCUT2D eigenvalue weighted by Gasteiger charge is 2.39. The van der Waals surface area contributed by atoms with Crippen molar-refractivity contribution >= 4 is 27.5 Å². The minimum Gasteiger partial charge on any atom is -0.325 e. The molecule has 1 heterocycles. The lowest BCUT2D eigenvalue weighted by Gasteiger charge is -2.16. The summed E-state index contributed by atoms with van der Waals surface area (Å²) in [7, 11) is -3.91. The van der Waals surface area contributed by atoms with Crippen molar-refractivity contribution in [3.8, 4) is 0 Å². The van der Waals surface area contributed by atoms with Gasteiger partial charge in [0, 0.05) is 12.1 Å². The van der Waals surface area contributed by atoms with Gasteiger partial charge in [0.2, 0.25) is 11.8 Å². The molecule has 2 rings (SSSR count). The lowest BCUT2D eigenvalue weighted by molar-refractivity contribution is -0.120. The van der Waals surface area contributed by atoms with Crippen molar-refractivity contribution in [2.45, 2.75) is 43.9 Å². The molecule has 0 unspecified atom stereocenters. The van der Waals surface area contributed by atoms with E-state index in [0.29, 0.717) is 17.7 Å². The monoisotopic (exact) mass is 310 g/mol. The summed E-state index contributed by atoms with van der Waals surface area (Å²) in [5, 5.41) is 2.71. The van der Waals surface area contributed by atoms with Crippen molar-refractivity contribution in [3.63, 3.8) is 0 Å². The molecule has 0 bridgehead atoms. The molecule has 0 atom stereocenters. The summed E-state index contributed by atoms with van der Waals surface area (Å²) in [6, 6.07) is 4.36. The van der Waals surface area contributed by atoms with Crippen LogP contribution in [0.1, 0.15) is 39.2 Å². The normalized spacial score (nSPS) is 16.2. The van der Waals surface area contributed by atoms with E-state index in [1.165, 1.54) is 12.1 Å². The molecular weight excluding hydrogens is 292 g/mol. The van der Waals surface area contributed by atoms with Crippen LogP contribution in [0.5, 0.6) is 0 Å². The summed E-state index contributed by atoms with van der Waals surface area (Å²) in [5.41, 5.74) is 0.413. The van der Waals surface area contributed by atoms with Crippen LogP contribution in [0, 0.1) is 0 Å². The van der Waals surface area contributed by atoms with E-state index in [9.17, 15) is 18.0 Å². The first kappa shape index (κ1) is 15.5. The van der Waals surface area contributed by atoms with Crippen LogP contribution in [0.25, 0.3) is 0 Å². The molecule has 1 aromatic carbocycles. The largest absolute Gasteiger partial charge is 0.325 e. The average molecular weight is 310 g/mol. The number of hydrogen-bond acceptors (Lipinski definition) is 4. The second kappa shape index (κ2) is 5.14. The number of carbonyl (C=O) groups is 2. The van der Waals surface area contributed by atoms with Crippen molar-refractivity contribution in [1.82, 2.24) is 4.72 Å². The number of rotatable bonds is 4. The highest BCUT2D eigenvalue weighted by atomic mass is 32.2. The fourth-order valence-electron chi connectivity index (χ4n) is 2.20. The van der Waals surface area contributed by atoms with Crippen molar-refractivity contribution in [2.75, 3.05) is 5.32 Å². The molecular formula is C14H18N2O4S. The summed E-state index contributed by atoms with van der Waals surface area (Å²) < 4.78 is 26.4. The molecule has 0 spiro atoms. The molecule has 1 aromatic rings. The number of benzene rings is 1. The van der Waals surface area contributed by atoms with Gasteiger partial charge < -0.3 is 5.32 Å². The molecule has 114 valence electrons. The predicted molar refractivity (Wildman–Crippen MR) is 78.3 cm³/mol. The number of nitrogens with one attached hydrogen (secondary N) is 2. The number of anilines is 1. The molecule has 1 aliphatic rings. The van der Waals surface area contributed by atoms with Crippen LogP contribution in [-0.2, 0) is 25.0 Å². The Morgan fingerprint density at radius 1 is 1.33 bits per heavy atom. The highest BCUT2D eigenvalue weighted by molar-refractivity contribution is 7.90. The van der Waals surface area contributed by atoms with Gasteiger partial charge in [-0.05, 0) is 44.0 Å². The SMILES string of the molecule is CCCC(=O)NS(=O)(=O)c1ccc2c(c1)C(C)(C)C(=O)N2. The molecule has 7 heteroatoms. The van der Waals surface area contributed by atoms with Crippen LogP contribution in [0.15, 0.2) is 23.1 Å². The first-order valence-corrected chi connectivity index (χ1v) is 8.18. The van der Waals surface area contributed by atoms with Gasteiger partial charge in [-0.15, -0.1) is 0 Å². The molecule has 2 amide bonds. The first-order valence-electron chi connectivity index (χ1n) is 6.70. The Balaban J connectivity index is 2.38. The van der Waals surface area contributed by atoms with E-state index >= 15 is 0 Å². The van der Waals surface area contributed by atoms with E-state index in [4.69, 9.17) is 0 Å². The summed E-state index contributed by atoms with van der Waals surface area (Å²) >= 11 is 0. The molecule has 0 saturated carbocycles. The third-order valence-electron chi connectivity index (χ3n) is 3.52. The molecule has 1 aliphatic heterocycles. The predicted octanol–water partition coefficient (Wildman–Crippen LogP) is 1.52. The van der Waals surface area contributed by atoms with Crippen molar-refractivity contribution in [3.05, 3.63) is 23.8 Å². The van der Waals surface area contributed by atoms with Gasteiger partial charge in [0.25, 0.3) is 10.0 Å². The van der Waals surface area contributed by atoms with Gasteiger partial charge >= 0.3 is 0 Å². The average Bonchev–Trinajstić information content (AvgIpc) is 2.59. The lowest BCUT2D eigenvalue weighted by atomic mass is 9.86. The number of amides is 2. The van der Waals surface area contributed by atoms with Crippen LogP contribution < -0.4 is 10.0 Å². The molecule has 0 radical (unpaired) electrons. The molecule has 0 fully saturated rings. The van der Waals surface area contributed by atoms with Gasteiger partial charge in [0.15, 0.2) is 0 Å². The zero-order chi connectivity index (χ0) is 15.8. The Morgan fingerprint density at radius 2 is 2.00 bits per heavy atom. The Morgan fingerprint density at radius 3 is 2.62 bits per heavy atom. The fraction of sp³-hybridized carbons (Fsp3) is 0.429. The molecule has 21 heavy (non-hydrogen) atoms. The smallest absolute Gasteiger partial charge is 0.264 e. The van der Waals surface area contributed by atoms with Gasteiger partial charge in [-0.1, -0.05) is 6.92 Å². The molecule has 0 saturated heterocycles. The van der Waals surface area contributed by atoms with Gasteiger partial charge in [0.1, 0.15) is 0 Å². The van der Waals surface area contributed by atoms with Gasteiger partial charge in [0.05, 0.1) is 10.3 Å². The minimum atomic E-state index is -3.91. The Labute approximate surface area is 124 Å². The van der Waals surface area contributed by atoms with E-state index in [0.717, 1.165) is 0 Å². The Bertz CT molecular complexity index is 708. The third kappa shape index (κ3) is 2.78. The maximum absolute atomic E-state index is 12.2. The van der Waals surface area contributed by atoms with Crippen molar-refractivity contribution in [2.24, 2.45) is 0 Å². The maximum atomic E-state index is 12.2. The minimum absolute atomic E-state index is 0.0183. The van der Waals surface area contributed by atoms with Gasteiger partial charge in [-0.25, -0.2) is 13.1 Å². The standard InChI is InChI=1S/C14H18N2O4S/c1-4-5-12(17)16-21(19,20)9-6-7-11-10(8-9)14(2,3)13(18)15-11/h6-8H,4-5H2,1-3H3,(H,15,18)(H,16,17). The van der Waals surface area contributed by atoms with E-state index < -0.39 is 21.3 Å². The highest BCUT2D eigenvalue weighted by Crippen LogP contribution is 2.38. The molecule has 2 N–H and O–H groups in total. The molecule has 0 aromatic heterocycles. The van der Waals surface area contributed by atoms with Crippen molar-refractivity contribution in [1.29, 1.82) is 0 Å². The quantitative estimate of drug-likeness (QED) is 0.882. The number of carbonyl (C=O) groups excluding carboxylic acids is 2. The number of hydrogen-bond donors (Lipinski definition) is 2. The van der Waals surface area contributed by atoms with Crippen LogP contribution in [0.2, 0.25) is 0 Å². The zero-order valence-corrected chi connectivity index (χ0v) is 13.0. The summed E-state index contributed by atoms with van der Waals surface area (Å²) in [6.07, 6.45) is 0.715. The van der Waals surface area contributed by atoms with E-state index in [-0.39, 0.29) is 17.2 Å². The Kier molecular flexibility index (Phi) is 3.79. The summed E-state index contributed by atoms with van der Waals surface area (Å²) in [5.74, 6) is -0.714. The maximum Gasteiger partial charge on any atom is 0.264 e. The van der Waals surface area contributed by atoms with E-state index in [1.807, 2.05) is 4.72 Å². The van der Waals surface area contributed by atoms with Gasteiger partial charge in [-0.2, -0.15) is 0 Å². The molecule has 6 nitrogen and oxygen atoms in total. The first-order chi connectivity index (χ1) is 9.68. The van der Waals surface area contributed by atoms with Crippen LogP contribution in [-0.4, -0.2) is 20.2 Å². The second-order valence-electron chi connectivity index (χ2n) is 5.57.